The van der Waals surface area contributed by atoms with Crippen molar-refractivity contribution in [1.29, 1.82) is 0 Å². The van der Waals surface area contributed by atoms with E-state index >= 15 is 0 Å². The standard InChI is InChI=1S/C18H18FN3O2S/c1-24-16-6-5-12(9-13(16)19)14-10-22-15(11-25-18(22)20-14)17(23)21-7-3-2-4-8-21/h5-6,9-11H,2-4,7-8H2,1H3. The third kappa shape index (κ3) is 2.89. The Morgan fingerprint density at radius 3 is 2.80 bits per heavy atom. The number of imidazole rings is 1. The molecule has 3 heterocycles. The number of fused-ring (bicyclic) bond motifs is 1. The van der Waals surface area contributed by atoms with Gasteiger partial charge in [-0.05, 0) is 37.5 Å². The van der Waals surface area contributed by atoms with Crippen LogP contribution in [-0.4, -0.2) is 40.4 Å². The van der Waals surface area contributed by atoms with Gasteiger partial charge in [0, 0.05) is 30.2 Å². The monoisotopic (exact) mass is 359 g/mol. The van der Waals surface area contributed by atoms with E-state index in [1.54, 1.807) is 22.7 Å². The number of nitrogens with zero attached hydrogens (tertiary/aromatic N) is 3. The average Bonchev–Trinajstić information content (AvgIpc) is 3.22. The molecule has 130 valence electrons. The summed E-state index contributed by atoms with van der Waals surface area (Å²) in [6.45, 7) is 1.61. The van der Waals surface area contributed by atoms with E-state index in [0.717, 1.165) is 30.9 Å². The number of benzene rings is 1. The Bertz CT molecular complexity index is 928. The molecule has 3 aromatic rings. The summed E-state index contributed by atoms with van der Waals surface area (Å²) >= 11 is 1.42. The third-order valence-electron chi connectivity index (χ3n) is 4.52. The smallest absolute Gasteiger partial charge is 0.271 e. The molecule has 0 aliphatic carbocycles. The Morgan fingerprint density at radius 2 is 2.08 bits per heavy atom. The highest BCUT2D eigenvalue weighted by Gasteiger charge is 2.22. The minimum atomic E-state index is -0.430. The number of piperidine rings is 1. The van der Waals surface area contributed by atoms with E-state index in [2.05, 4.69) is 4.98 Å². The van der Waals surface area contributed by atoms with Gasteiger partial charge in [-0.3, -0.25) is 9.20 Å². The number of hydrogen-bond donors (Lipinski definition) is 0. The van der Waals surface area contributed by atoms with Gasteiger partial charge in [-0.1, -0.05) is 0 Å². The number of amides is 1. The van der Waals surface area contributed by atoms with Crippen LogP contribution in [0.5, 0.6) is 5.75 Å². The number of halogens is 1. The van der Waals surface area contributed by atoms with Crippen LogP contribution in [-0.2, 0) is 0 Å². The van der Waals surface area contributed by atoms with E-state index in [1.807, 2.05) is 10.3 Å². The number of methoxy groups -OCH3 is 1. The summed E-state index contributed by atoms with van der Waals surface area (Å²) in [4.78, 5) is 19.9. The largest absolute Gasteiger partial charge is 0.494 e. The molecule has 7 heteroatoms. The molecule has 0 unspecified atom stereocenters. The van der Waals surface area contributed by atoms with Gasteiger partial charge in [0.05, 0.1) is 12.8 Å². The Morgan fingerprint density at radius 1 is 1.28 bits per heavy atom. The molecule has 2 aromatic heterocycles. The van der Waals surface area contributed by atoms with Gasteiger partial charge in [0.2, 0.25) is 0 Å². The zero-order valence-electron chi connectivity index (χ0n) is 13.9. The maximum absolute atomic E-state index is 14.0. The van der Waals surface area contributed by atoms with Crippen molar-refractivity contribution < 1.29 is 13.9 Å². The molecule has 0 atom stereocenters. The van der Waals surface area contributed by atoms with Gasteiger partial charge in [0.25, 0.3) is 5.91 Å². The average molecular weight is 359 g/mol. The zero-order chi connectivity index (χ0) is 17.4. The van der Waals surface area contributed by atoms with Crippen LogP contribution in [0.3, 0.4) is 0 Å². The molecule has 5 nitrogen and oxygen atoms in total. The SMILES string of the molecule is COc1ccc(-c2cn3c(C(=O)N4CCCCC4)csc3n2)cc1F. The summed E-state index contributed by atoms with van der Waals surface area (Å²) in [5, 5.41) is 1.84. The quantitative estimate of drug-likeness (QED) is 0.714. The van der Waals surface area contributed by atoms with Crippen LogP contribution < -0.4 is 4.74 Å². The van der Waals surface area contributed by atoms with Crippen LogP contribution >= 0.6 is 11.3 Å². The number of carbonyl (C=O) groups excluding carboxylic acids is 1. The highest BCUT2D eigenvalue weighted by atomic mass is 32.1. The summed E-state index contributed by atoms with van der Waals surface area (Å²) in [5.74, 6) is -0.192. The number of rotatable bonds is 3. The minimum Gasteiger partial charge on any atom is -0.494 e. The first-order valence-electron chi connectivity index (χ1n) is 8.27. The number of ether oxygens (including phenoxy) is 1. The second-order valence-electron chi connectivity index (χ2n) is 6.10. The van der Waals surface area contributed by atoms with Crippen molar-refractivity contribution in [2.45, 2.75) is 19.3 Å². The molecule has 0 N–H and O–H groups in total. The van der Waals surface area contributed by atoms with Crippen LogP contribution in [0.15, 0.2) is 29.8 Å². The molecule has 0 bridgehead atoms. The highest BCUT2D eigenvalue weighted by molar-refractivity contribution is 7.15. The molecule has 0 spiro atoms. The lowest BCUT2D eigenvalue weighted by Crippen LogP contribution is -2.36. The van der Waals surface area contributed by atoms with Crippen LogP contribution in [0.4, 0.5) is 4.39 Å². The van der Waals surface area contributed by atoms with Crippen LogP contribution in [0.2, 0.25) is 0 Å². The highest BCUT2D eigenvalue weighted by Crippen LogP contribution is 2.28. The molecule has 1 aliphatic heterocycles. The van der Waals surface area contributed by atoms with E-state index in [0.29, 0.717) is 17.0 Å². The van der Waals surface area contributed by atoms with Crippen molar-refractivity contribution in [3.05, 3.63) is 41.3 Å². The maximum atomic E-state index is 14.0. The van der Waals surface area contributed by atoms with Gasteiger partial charge in [0.15, 0.2) is 16.5 Å². The van der Waals surface area contributed by atoms with Gasteiger partial charge in [0.1, 0.15) is 5.69 Å². The number of thiazole rings is 1. The van der Waals surface area contributed by atoms with E-state index in [1.165, 1.54) is 30.9 Å². The lowest BCUT2D eigenvalue weighted by atomic mass is 10.1. The molecular formula is C18H18FN3O2S. The second-order valence-corrected chi connectivity index (χ2v) is 6.94. The van der Waals surface area contributed by atoms with Crippen molar-refractivity contribution in [2.24, 2.45) is 0 Å². The van der Waals surface area contributed by atoms with E-state index in [9.17, 15) is 9.18 Å². The summed E-state index contributed by atoms with van der Waals surface area (Å²) in [6.07, 6.45) is 5.09. The topological polar surface area (TPSA) is 46.8 Å². The molecule has 0 radical (unpaired) electrons. The first kappa shape index (κ1) is 16.1. The lowest BCUT2D eigenvalue weighted by Gasteiger charge is -2.26. The number of carbonyl (C=O) groups is 1. The first-order valence-corrected chi connectivity index (χ1v) is 9.15. The van der Waals surface area contributed by atoms with Gasteiger partial charge in [-0.15, -0.1) is 11.3 Å². The third-order valence-corrected chi connectivity index (χ3v) is 5.36. The number of likely N-dealkylation sites (tertiary alicyclic amines) is 1. The molecule has 4 rings (SSSR count). The normalized spacial score (nSPS) is 14.9. The van der Waals surface area contributed by atoms with Crippen molar-refractivity contribution in [3.63, 3.8) is 0 Å². The maximum Gasteiger partial charge on any atom is 0.271 e. The molecule has 1 aliphatic rings. The second kappa shape index (κ2) is 6.48. The minimum absolute atomic E-state index is 0.0378. The summed E-state index contributed by atoms with van der Waals surface area (Å²) in [5.41, 5.74) is 1.92. The summed E-state index contributed by atoms with van der Waals surface area (Å²) in [7, 11) is 1.43. The Hall–Kier alpha value is -2.41. The van der Waals surface area contributed by atoms with Crippen molar-refractivity contribution in [3.8, 4) is 17.0 Å². The number of hydrogen-bond acceptors (Lipinski definition) is 4. The predicted octanol–water partition coefficient (Wildman–Crippen LogP) is 3.84. The van der Waals surface area contributed by atoms with E-state index in [-0.39, 0.29) is 11.7 Å². The van der Waals surface area contributed by atoms with E-state index in [4.69, 9.17) is 4.74 Å². The molecule has 1 aromatic carbocycles. The van der Waals surface area contributed by atoms with Crippen LogP contribution in [0.25, 0.3) is 16.2 Å². The van der Waals surface area contributed by atoms with Crippen LogP contribution in [0.1, 0.15) is 29.8 Å². The summed E-state index contributed by atoms with van der Waals surface area (Å²) < 4.78 is 20.7. The predicted molar refractivity (Wildman–Crippen MR) is 94.8 cm³/mol. The summed E-state index contributed by atoms with van der Waals surface area (Å²) in [6, 6.07) is 4.75. The molecule has 1 saturated heterocycles. The van der Waals surface area contributed by atoms with Crippen LogP contribution in [0, 0.1) is 5.82 Å². The fourth-order valence-corrected chi connectivity index (χ4v) is 4.01. The van der Waals surface area contributed by atoms with Crippen molar-refractivity contribution in [2.75, 3.05) is 20.2 Å². The Labute approximate surface area is 148 Å². The molecular weight excluding hydrogens is 341 g/mol. The first-order chi connectivity index (χ1) is 12.2. The zero-order valence-corrected chi connectivity index (χ0v) is 14.7. The van der Waals surface area contributed by atoms with Gasteiger partial charge < -0.3 is 9.64 Å². The van der Waals surface area contributed by atoms with Gasteiger partial charge >= 0.3 is 0 Å². The lowest BCUT2D eigenvalue weighted by molar-refractivity contribution is 0.0717. The number of aromatic nitrogens is 2. The van der Waals surface area contributed by atoms with Crippen molar-refractivity contribution >= 4 is 22.2 Å². The molecule has 0 saturated carbocycles. The Kier molecular flexibility index (Phi) is 4.17. The van der Waals surface area contributed by atoms with Gasteiger partial charge in [-0.25, -0.2) is 9.37 Å². The van der Waals surface area contributed by atoms with E-state index < -0.39 is 5.82 Å². The fraction of sp³-hybridized carbons (Fsp3) is 0.333. The molecule has 25 heavy (non-hydrogen) atoms. The Balaban J connectivity index is 1.68. The fourth-order valence-electron chi connectivity index (χ4n) is 3.16. The molecule has 1 amide bonds. The molecule has 1 fully saturated rings. The van der Waals surface area contributed by atoms with Gasteiger partial charge in [-0.2, -0.15) is 0 Å². The van der Waals surface area contributed by atoms with Crippen molar-refractivity contribution in [1.82, 2.24) is 14.3 Å².